The molecule has 0 spiro atoms. The molecule has 1 aromatic rings. The Morgan fingerprint density at radius 3 is 2.19 bits per heavy atom. The van der Waals surface area contributed by atoms with Crippen molar-refractivity contribution in [3.05, 3.63) is 46.5 Å². The van der Waals surface area contributed by atoms with E-state index in [1.807, 2.05) is 0 Å². The van der Waals surface area contributed by atoms with Gasteiger partial charge in [-0.2, -0.15) is 13.2 Å². The van der Waals surface area contributed by atoms with E-state index in [-0.39, 0.29) is 0 Å². The van der Waals surface area contributed by atoms with Gasteiger partial charge < -0.3 is 15.5 Å². The van der Waals surface area contributed by atoms with E-state index < -0.39 is 23.7 Å². The maximum atomic E-state index is 12.9. The van der Waals surface area contributed by atoms with Crippen molar-refractivity contribution in [2.75, 3.05) is 19.6 Å². The van der Waals surface area contributed by atoms with Crippen molar-refractivity contribution < 1.29 is 33.0 Å². The number of rotatable bonds is 7. The van der Waals surface area contributed by atoms with E-state index in [4.69, 9.17) is 21.8 Å². The summed E-state index contributed by atoms with van der Waals surface area (Å²) in [6.45, 7) is 7.48. The first-order valence-electron chi connectivity index (χ1n) is 9.84. The molecule has 1 aliphatic heterocycles. The molecule has 1 aromatic carbocycles. The van der Waals surface area contributed by atoms with Gasteiger partial charge in [-0.15, -0.1) is 0 Å². The lowest BCUT2D eigenvalue weighted by Gasteiger charge is -2.36. The molecule has 6 nitrogen and oxygen atoms in total. The van der Waals surface area contributed by atoms with Gasteiger partial charge in [0.25, 0.3) is 0 Å². The van der Waals surface area contributed by atoms with Crippen molar-refractivity contribution in [2.24, 2.45) is 5.92 Å². The first-order chi connectivity index (χ1) is 14.4. The number of alkyl halides is 3. The van der Waals surface area contributed by atoms with Gasteiger partial charge in [0, 0.05) is 36.3 Å². The van der Waals surface area contributed by atoms with Gasteiger partial charge in [0.15, 0.2) is 0 Å². The van der Waals surface area contributed by atoms with Crippen LogP contribution in [0.4, 0.5) is 13.2 Å². The largest absolute Gasteiger partial charge is 0.478 e. The minimum Gasteiger partial charge on any atom is -0.478 e. The number of piperidine rings is 1. The van der Waals surface area contributed by atoms with Crippen LogP contribution < -0.4 is 5.32 Å². The fraction of sp³-hybridized carbons (Fsp3) is 0.524. The first-order valence-corrected chi connectivity index (χ1v) is 10.2. The van der Waals surface area contributed by atoms with Gasteiger partial charge in [-0.1, -0.05) is 25.4 Å². The molecule has 0 aliphatic carbocycles. The molecule has 1 heterocycles. The Morgan fingerprint density at radius 1 is 1.19 bits per heavy atom. The van der Waals surface area contributed by atoms with Gasteiger partial charge in [-0.3, -0.25) is 4.90 Å². The second-order valence-electron chi connectivity index (χ2n) is 7.62. The van der Waals surface area contributed by atoms with E-state index in [1.165, 1.54) is 12.1 Å². The number of nitrogens with one attached hydrogen (secondary N) is 1. The van der Waals surface area contributed by atoms with E-state index in [9.17, 15) is 22.8 Å². The van der Waals surface area contributed by atoms with Crippen molar-refractivity contribution in [3.63, 3.8) is 0 Å². The molecule has 10 heteroatoms. The summed E-state index contributed by atoms with van der Waals surface area (Å²) in [5.41, 5.74) is -0.0765. The van der Waals surface area contributed by atoms with Crippen molar-refractivity contribution >= 4 is 23.5 Å². The van der Waals surface area contributed by atoms with Gasteiger partial charge in [0.05, 0.1) is 5.56 Å². The number of aliphatic carboxylic acids is 2. The number of carbonyl (C=O) groups is 2. The third-order valence-electron chi connectivity index (χ3n) is 4.54. The van der Waals surface area contributed by atoms with E-state index in [1.54, 1.807) is 0 Å². The van der Waals surface area contributed by atoms with Gasteiger partial charge in [0.1, 0.15) is 0 Å². The Hall–Kier alpha value is -2.10. The second kappa shape index (κ2) is 12.7. The molecule has 174 valence electrons. The van der Waals surface area contributed by atoms with E-state index in [2.05, 4.69) is 24.1 Å². The summed E-state index contributed by atoms with van der Waals surface area (Å²) < 4.78 is 38.8. The highest BCUT2D eigenvalue weighted by Gasteiger charge is 2.31. The molecule has 0 aromatic heterocycles. The van der Waals surface area contributed by atoms with Crippen molar-refractivity contribution in [1.29, 1.82) is 0 Å². The molecule has 2 rings (SSSR count). The standard InChI is InChI=1S/C17H24ClF3N2.C4H4O4/c1-12(2)10-23(15-5-7-22-8-6-15)11-13-9-14(17(19,20)21)3-4-16(13)18;5-3(6)1-2-4(7)8/h3-4,9,12,15,22H,5-8,10-11H2,1-2H3;1-2H,(H,5,6)(H,7,8). The van der Waals surface area contributed by atoms with E-state index >= 15 is 0 Å². The second-order valence-corrected chi connectivity index (χ2v) is 8.03. The average Bonchev–Trinajstić information content (AvgIpc) is 2.67. The monoisotopic (exact) mass is 464 g/mol. The van der Waals surface area contributed by atoms with Crippen LogP contribution in [0.5, 0.6) is 0 Å². The summed E-state index contributed by atoms with van der Waals surface area (Å²) in [5, 5.41) is 19.4. The van der Waals surface area contributed by atoms with Crippen molar-refractivity contribution in [3.8, 4) is 0 Å². The minimum atomic E-state index is -4.34. The molecule has 0 radical (unpaired) electrons. The normalized spacial score (nSPS) is 15.2. The zero-order valence-electron chi connectivity index (χ0n) is 17.5. The molecule has 1 fully saturated rings. The third kappa shape index (κ3) is 10.7. The lowest BCUT2D eigenvalue weighted by Crippen LogP contribution is -2.44. The van der Waals surface area contributed by atoms with Crippen LogP contribution in [-0.2, 0) is 22.3 Å². The highest BCUT2D eigenvalue weighted by molar-refractivity contribution is 6.31. The number of hydrogen-bond donors (Lipinski definition) is 3. The topological polar surface area (TPSA) is 89.9 Å². The Morgan fingerprint density at radius 2 is 1.74 bits per heavy atom. The average molecular weight is 465 g/mol. The molecule has 0 unspecified atom stereocenters. The Kier molecular flexibility index (Phi) is 11.0. The summed E-state index contributed by atoms with van der Waals surface area (Å²) >= 11 is 6.16. The van der Waals surface area contributed by atoms with Crippen molar-refractivity contribution in [2.45, 2.75) is 45.5 Å². The fourth-order valence-corrected chi connectivity index (χ4v) is 3.39. The number of carboxylic acids is 2. The first kappa shape index (κ1) is 26.9. The molecular formula is C21H28ClF3N2O4. The summed E-state index contributed by atoms with van der Waals surface area (Å²) in [7, 11) is 0. The maximum absolute atomic E-state index is 12.9. The lowest BCUT2D eigenvalue weighted by molar-refractivity contribution is -0.137. The lowest BCUT2D eigenvalue weighted by atomic mass is 10.0. The number of benzene rings is 1. The predicted molar refractivity (Wildman–Crippen MR) is 112 cm³/mol. The van der Waals surface area contributed by atoms with Gasteiger partial charge in [-0.25, -0.2) is 9.59 Å². The highest BCUT2D eigenvalue weighted by Crippen LogP contribution is 2.32. The molecular weight excluding hydrogens is 437 g/mol. The van der Waals surface area contributed by atoms with Crippen LogP contribution in [0.25, 0.3) is 0 Å². The van der Waals surface area contributed by atoms with Crippen molar-refractivity contribution in [1.82, 2.24) is 10.2 Å². The predicted octanol–water partition coefficient (Wildman–Crippen LogP) is 4.28. The molecule has 0 saturated carbocycles. The van der Waals surface area contributed by atoms with Gasteiger partial charge in [-0.05, 0) is 55.6 Å². The number of carboxylic acid groups (broad SMARTS) is 2. The quantitative estimate of drug-likeness (QED) is 0.522. The smallest absolute Gasteiger partial charge is 0.416 e. The zero-order valence-corrected chi connectivity index (χ0v) is 18.2. The van der Waals surface area contributed by atoms with Crippen LogP contribution >= 0.6 is 11.6 Å². The highest BCUT2D eigenvalue weighted by atomic mass is 35.5. The van der Waals surface area contributed by atoms with Crippen LogP contribution in [0.15, 0.2) is 30.4 Å². The molecule has 31 heavy (non-hydrogen) atoms. The molecule has 0 atom stereocenters. The molecule has 3 N–H and O–H groups in total. The van der Waals surface area contributed by atoms with Crippen LogP contribution in [0.3, 0.4) is 0 Å². The summed E-state index contributed by atoms with van der Waals surface area (Å²) in [6.07, 6.45) is -1.19. The molecule has 0 bridgehead atoms. The molecule has 0 amide bonds. The minimum absolute atomic E-state index is 0.393. The Bertz CT molecular complexity index is 747. The molecule has 1 aliphatic rings. The van der Waals surface area contributed by atoms with E-state index in [0.717, 1.165) is 38.5 Å². The number of halogens is 4. The summed E-state index contributed by atoms with van der Waals surface area (Å²) in [5.74, 6) is -2.06. The number of nitrogens with zero attached hydrogens (tertiary/aromatic N) is 1. The van der Waals surface area contributed by atoms with Crippen LogP contribution in [0.1, 0.15) is 37.8 Å². The fourth-order valence-electron chi connectivity index (χ4n) is 3.22. The van der Waals surface area contributed by atoms with Crippen LogP contribution in [0.2, 0.25) is 5.02 Å². The SMILES string of the molecule is CC(C)CN(Cc1cc(C(F)(F)F)ccc1Cl)C1CCNCC1.O=C(O)C=CC(=O)O. The van der Waals surface area contributed by atoms with Crippen LogP contribution in [-0.4, -0.2) is 52.7 Å². The molecule has 1 saturated heterocycles. The van der Waals surface area contributed by atoms with Crippen LogP contribution in [0, 0.1) is 5.92 Å². The Balaban J connectivity index is 0.000000512. The summed E-state index contributed by atoms with van der Waals surface area (Å²) in [4.78, 5) is 21.4. The third-order valence-corrected chi connectivity index (χ3v) is 4.91. The van der Waals surface area contributed by atoms with E-state index in [0.29, 0.717) is 41.2 Å². The zero-order chi connectivity index (χ0) is 23.6. The number of hydrogen-bond acceptors (Lipinski definition) is 4. The van der Waals surface area contributed by atoms with Gasteiger partial charge >= 0.3 is 18.1 Å². The van der Waals surface area contributed by atoms with Gasteiger partial charge in [0.2, 0.25) is 0 Å². The summed E-state index contributed by atoms with van der Waals surface area (Å²) in [6, 6.07) is 3.99. The Labute approximate surface area is 184 Å². The maximum Gasteiger partial charge on any atom is 0.416 e.